The molecule has 0 aliphatic carbocycles. The molecule has 1 unspecified atom stereocenters. The van der Waals surface area contributed by atoms with E-state index in [1.165, 1.54) is 0 Å². The minimum absolute atomic E-state index is 0.138. The number of nitrogens with zero attached hydrogens (tertiary/aromatic N) is 2. The maximum Gasteiger partial charge on any atom is 0.324 e. The molecule has 114 valence electrons. The minimum Gasteiger partial charge on any atom is -0.481 e. The quantitative estimate of drug-likeness (QED) is 0.931. The van der Waals surface area contributed by atoms with Crippen LogP contribution >= 0.6 is 0 Å². The molecule has 1 aromatic rings. The molecule has 1 aliphatic rings. The molecular formula is C16H22N2O3. The average Bonchev–Trinajstić information content (AvgIpc) is 2.92. The summed E-state index contributed by atoms with van der Waals surface area (Å²) in [5, 5.41) is 9.41. The van der Waals surface area contributed by atoms with Crippen molar-refractivity contribution in [3.05, 3.63) is 29.8 Å². The van der Waals surface area contributed by atoms with E-state index in [4.69, 9.17) is 0 Å². The fraction of sp³-hybridized carbons (Fsp3) is 0.500. The number of aryl methyl sites for hydroxylation is 1. The van der Waals surface area contributed by atoms with Crippen molar-refractivity contribution in [2.45, 2.75) is 26.7 Å². The molecule has 0 aromatic heterocycles. The van der Waals surface area contributed by atoms with Gasteiger partial charge in [-0.2, -0.15) is 0 Å². The van der Waals surface area contributed by atoms with Gasteiger partial charge >= 0.3 is 12.0 Å². The molecule has 0 saturated carbocycles. The number of hydrogen-bond acceptors (Lipinski definition) is 2. The average molecular weight is 290 g/mol. The molecule has 0 radical (unpaired) electrons. The highest BCUT2D eigenvalue weighted by atomic mass is 16.4. The van der Waals surface area contributed by atoms with Gasteiger partial charge in [-0.25, -0.2) is 4.79 Å². The van der Waals surface area contributed by atoms with Gasteiger partial charge in [0.1, 0.15) is 0 Å². The zero-order valence-electron chi connectivity index (χ0n) is 12.8. The summed E-state index contributed by atoms with van der Waals surface area (Å²) in [5.74, 6) is -0.807. The summed E-state index contributed by atoms with van der Waals surface area (Å²) in [6.45, 7) is 4.60. The fourth-order valence-electron chi connectivity index (χ4n) is 2.91. The van der Waals surface area contributed by atoms with Gasteiger partial charge in [-0.05, 0) is 31.4 Å². The largest absolute Gasteiger partial charge is 0.481 e. The highest BCUT2D eigenvalue weighted by Gasteiger charge is 2.45. The Bertz CT molecular complexity index is 558. The van der Waals surface area contributed by atoms with Crippen LogP contribution in [0, 0.1) is 12.3 Å². The third kappa shape index (κ3) is 2.73. The molecule has 1 aromatic carbocycles. The predicted octanol–water partition coefficient (Wildman–Crippen LogP) is 2.74. The first-order valence-corrected chi connectivity index (χ1v) is 7.23. The van der Waals surface area contributed by atoms with Crippen LogP contribution < -0.4 is 4.90 Å². The number of para-hydroxylation sites is 1. The lowest BCUT2D eigenvalue weighted by Gasteiger charge is -2.27. The van der Waals surface area contributed by atoms with Crippen molar-refractivity contribution in [2.75, 3.05) is 25.0 Å². The maximum atomic E-state index is 12.6. The Morgan fingerprint density at radius 2 is 2.05 bits per heavy atom. The van der Waals surface area contributed by atoms with E-state index in [1.54, 1.807) is 16.8 Å². The summed E-state index contributed by atoms with van der Waals surface area (Å²) in [5.41, 5.74) is 1.08. The predicted molar refractivity (Wildman–Crippen MR) is 81.5 cm³/mol. The van der Waals surface area contributed by atoms with Crippen LogP contribution in [0.25, 0.3) is 0 Å². The number of likely N-dealkylation sites (tertiary alicyclic amines) is 1. The van der Waals surface area contributed by atoms with Gasteiger partial charge in [0.2, 0.25) is 0 Å². The van der Waals surface area contributed by atoms with Gasteiger partial charge in [0.15, 0.2) is 0 Å². The van der Waals surface area contributed by atoms with Crippen LogP contribution in [-0.4, -0.2) is 42.1 Å². The molecule has 2 amide bonds. The van der Waals surface area contributed by atoms with Crippen LogP contribution in [0.3, 0.4) is 0 Å². The highest BCUT2D eigenvalue weighted by Crippen LogP contribution is 2.35. The lowest BCUT2D eigenvalue weighted by Crippen LogP contribution is -2.42. The Morgan fingerprint density at radius 1 is 1.38 bits per heavy atom. The number of carboxylic acids is 1. The van der Waals surface area contributed by atoms with E-state index in [2.05, 4.69) is 0 Å². The van der Waals surface area contributed by atoms with Crippen molar-refractivity contribution in [1.29, 1.82) is 0 Å². The van der Waals surface area contributed by atoms with Gasteiger partial charge < -0.3 is 10.0 Å². The first-order valence-electron chi connectivity index (χ1n) is 7.23. The summed E-state index contributed by atoms with van der Waals surface area (Å²) in [6, 6.07) is 7.54. The molecule has 5 nitrogen and oxygen atoms in total. The second-order valence-electron chi connectivity index (χ2n) is 5.74. The summed E-state index contributed by atoms with van der Waals surface area (Å²) in [4.78, 5) is 27.3. The van der Waals surface area contributed by atoms with E-state index in [0.717, 1.165) is 11.3 Å². The molecule has 1 saturated heterocycles. The van der Waals surface area contributed by atoms with Crippen molar-refractivity contribution < 1.29 is 14.7 Å². The first kappa shape index (κ1) is 15.4. The maximum absolute atomic E-state index is 12.6. The van der Waals surface area contributed by atoms with Gasteiger partial charge in [0.05, 0.1) is 5.41 Å². The lowest BCUT2D eigenvalue weighted by molar-refractivity contribution is -0.148. The van der Waals surface area contributed by atoms with Crippen molar-refractivity contribution in [3.8, 4) is 0 Å². The van der Waals surface area contributed by atoms with Crippen LogP contribution in [-0.2, 0) is 4.79 Å². The molecule has 1 atom stereocenters. The van der Waals surface area contributed by atoms with E-state index in [9.17, 15) is 14.7 Å². The Kier molecular flexibility index (Phi) is 4.21. The molecule has 1 fully saturated rings. The summed E-state index contributed by atoms with van der Waals surface area (Å²) in [7, 11) is 1.73. The Labute approximate surface area is 125 Å². The number of rotatable bonds is 3. The smallest absolute Gasteiger partial charge is 0.324 e. The van der Waals surface area contributed by atoms with E-state index in [-0.39, 0.29) is 12.6 Å². The summed E-state index contributed by atoms with van der Waals surface area (Å²) in [6.07, 6.45) is 1.06. The lowest BCUT2D eigenvalue weighted by atomic mass is 9.84. The second-order valence-corrected chi connectivity index (χ2v) is 5.74. The zero-order chi connectivity index (χ0) is 15.6. The fourth-order valence-corrected chi connectivity index (χ4v) is 2.91. The Hall–Kier alpha value is -2.04. The van der Waals surface area contributed by atoms with E-state index < -0.39 is 11.4 Å². The number of urea groups is 1. The van der Waals surface area contributed by atoms with E-state index in [1.807, 2.05) is 38.1 Å². The van der Waals surface area contributed by atoms with Gasteiger partial charge in [0, 0.05) is 25.8 Å². The number of carbonyl (C=O) groups excluding carboxylic acids is 1. The number of anilines is 1. The van der Waals surface area contributed by atoms with Crippen LogP contribution in [0.5, 0.6) is 0 Å². The molecule has 1 aliphatic heterocycles. The number of amides is 2. The van der Waals surface area contributed by atoms with E-state index >= 15 is 0 Å². The normalized spacial score (nSPS) is 21.4. The standard InChI is InChI=1S/C16H22N2O3/c1-4-16(14(19)20)9-10-18(11-16)15(21)17(3)13-8-6-5-7-12(13)2/h5-8H,4,9-11H2,1-3H3,(H,19,20). The van der Waals surface area contributed by atoms with Crippen molar-refractivity contribution in [2.24, 2.45) is 5.41 Å². The van der Waals surface area contributed by atoms with Crippen LogP contribution in [0.1, 0.15) is 25.3 Å². The molecular weight excluding hydrogens is 268 g/mol. The topological polar surface area (TPSA) is 60.9 Å². The third-order valence-corrected chi connectivity index (χ3v) is 4.52. The molecule has 2 rings (SSSR count). The van der Waals surface area contributed by atoms with Crippen molar-refractivity contribution in [1.82, 2.24) is 4.90 Å². The van der Waals surface area contributed by atoms with Crippen LogP contribution in [0.4, 0.5) is 10.5 Å². The number of aliphatic carboxylic acids is 1. The second kappa shape index (κ2) is 5.76. The van der Waals surface area contributed by atoms with Gasteiger partial charge in [-0.1, -0.05) is 25.1 Å². The van der Waals surface area contributed by atoms with Crippen molar-refractivity contribution >= 4 is 17.7 Å². The number of benzene rings is 1. The molecule has 21 heavy (non-hydrogen) atoms. The monoisotopic (exact) mass is 290 g/mol. The Morgan fingerprint density at radius 3 is 2.57 bits per heavy atom. The summed E-state index contributed by atoms with van der Waals surface area (Å²) >= 11 is 0. The van der Waals surface area contributed by atoms with Gasteiger partial charge in [-0.15, -0.1) is 0 Å². The van der Waals surface area contributed by atoms with Gasteiger partial charge in [-0.3, -0.25) is 9.69 Å². The highest BCUT2D eigenvalue weighted by molar-refractivity contribution is 5.93. The first-order chi connectivity index (χ1) is 9.91. The molecule has 0 bridgehead atoms. The number of carbonyl (C=O) groups is 2. The number of hydrogen-bond donors (Lipinski definition) is 1. The Balaban J connectivity index is 2.15. The van der Waals surface area contributed by atoms with Gasteiger partial charge in [0.25, 0.3) is 0 Å². The SMILES string of the molecule is CCC1(C(=O)O)CCN(C(=O)N(C)c2ccccc2C)C1. The van der Waals surface area contributed by atoms with Crippen LogP contribution in [0.15, 0.2) is 24.3 Å². The van der Waals surface area contributed by atoms with E-state index in [0.29, 0.717) is 19.4 Å². The number of carboxylic acid groups (broad SMARTS) is 1. The molecule has 0 spiro atoms. The molecule has 1 heterocycles. The molecule has 1 N–H and O–H groups in total. The van der Waals surface area contributed by atoms with Crippen LogP contribution in [0.2, 0.25) is 0 Å². The molecule has 5 heteroatoms. The third-order valence-electron chi connectivity index (χ3n) is 4.52. The van der Waals surface area contributed by atoms with Crippen molar-refractivity contribution in [3.63, 3.8) is 0 Å². The zero-order valence-corrected chi connectivity index (χ0v) is 12.8. The summed E-state index contributed by atoms with van der Waals surface area (Å²) < 4.78 is 0. The minimum atomic E-state index is -0.807.